The van der Waals surface area contributed by atoms with Gasteiger partial charge in [0.15, 0.2) is 0 Å². The molecule has 17 heavy (non-hydrogen) atoms. The smallest absolute Gasteiger partial charge is 0.452 e. The Morgan fingerprint density at radius 2 is 2.00 bits per heavy atom. The third-order valence-electron chi connectivity index (χ3n) is 1.79. The summed E-state index contributed by atoms with van der Waals surface area (Å²) in [6.45, 7) is 1.19. The second-order valence-electron chi connectivity index (χ2n) is 3.13. The molecule has 1 aromatic rings. The van der Waals surface area contributed by atoms with Crippen molar-refractivity contribution in [2.75, 3.05) is 12.3 Å². The molecule has 0 aliphatic rings. The second kappa shape index (κ2) is 5.22. The fourth-order valence-electron chi connectivity index (χ4n) is 1.07. The first-order valence-electron chi connectivity index (χ1n) is 4.74. The molecule has 1 rings (SSSR count). The number of hydrogen-bond donors (Lipinski definition) is 1. The molecule has 1 aromatic carbocycles. The van der Waals surface area contributed by atoms with Crippen molar-refractivity contribution in [2.45, 2.75) is 19.4 Å². The predicted molar refractivity (Wildman–Crippen MR) is 52.9 cm³/mol. The fourth-order valence-corrected chi connectivity index (χ4v) is 1.07. The number of halogens is 4. The third kappa shape index (κ3) is 3.77. The van der Waals surface area contributed by atoms with Gasteiger partial charge in [-0.05, 0) is 19.1 Å². The van der Waals surface area contributed by atoms with E-state index < -0.39 is 24.0 Å². The van der Waals surface area contributed by atoms with E-state index >= 15 is 0 Å². The Morgan fingerprint density at radius 3 is 2.53 bits per heavy atom. The number of ether oxygens (including phenoxy) is 2. The molecule has 0 fully saturated rings. The fraction of sp³-hybridized carbons (Fsp3) is 0.400. The average Bonchev–Trinajstić information content (AvgIpc) is 2.21. The molecule has 1 atom stereocenters. The molecule has 1 unspecified atom stereocenters. The monoisotopic (exact) mass is 253 g/mol. The van der Waals surface area contributed by atoms with Crippen molar-refractivity contribution in [3.05, 3.63) is 24.0 Å². The SMILES string of the molecule is CCOC(Oc1cc(F)ccc1N)C(F)(F)F. The van der Waals surface area contributed by atoms with Gasteiger partial charge in [-0.25, -0.2) is 4.39 Å². The minimum Gasteiger partial charge on any atom is -0.453 e. The molecule has 96 valence electrons. The van der Waals surface area contributed by atoms with Gasteiger partial charge in [0.25, 0.3) is 6.29 Å². The molecule has 0 saturated heterocycles. The number of nitrogen functional groups attached to an aromatic ring is 1. The molecule has 0 radical (unpaired) electrons. The van der Waals surface area contributed by atoms with E-state index in [1.54, 1.807) is 0 Å². The Balaban J connectivity index is 2.89. The number of alkyl halides is 3. The summed E-state index contributed by atoms with van der Waals surface area (Å²) in [5.41, 5.74) is 5.27. The number of rotatable bonds is 4. The van der Waals surface area contributed by atoms with Gasteiger partial charge in [-0.3, -0.25) is 0 Å². The molecule has 2 N–H and O–H groups in total. The highest BCUT2D eigenvalue weighted by molar-refractivity contribution is 5.52. The number of benzene rings is 1. The van der Waals surface area contributed by atoms with Gasteiger partial charge >= 0.3 is 6.18 Å². The van der Waals surface area contributed by atoms with Crippen LogP contribution in [0.25, 0.3) is 0 Å². The standard InChI is InChI=1S/C10H11F4NO2/c1-2-16-9(10(12,13)14)17-8-5-6(11)3-4-7(8)15/h3-5,9H,2,15H2,1H3. The highest BCUT2D eigenvalue weighted by Crippen LogP contribution is 2.29. The van der Waals surface area contributed by atoms with Gasteiger partial charge in [0.2, 0.25) is 0 Å². The number of anilines is 1. The van der Waals surface area contributed by atoms with E-state index in [2.05, 4.69) is 9.47 Å². The van der Waals surface area contributed by atoms with Crippen LogP contribution in [0.1, 0.15) is 6.92 Å². The summed E-state index contributed by atoms with van der Waals surface area (Å²) in [6, 6.07) is 2.91. The van der Waals surface area contributed by atoms with Crippen molar-refractivity contribution >= 4 is 5.69 Å². The van der Waals surface area contributed by atoms with Gasteiger partial charge in [-0.15, -0.1) is 0 Å². The molecule has 0 aliphatic carbocycles. The maximum Gasteiger partial charge on any atom is 0.452 e. The average molecular weight is 253 g/mol. The van der Waals surface area contributed by atoms with Crippen molar-refractivity contribution in [1.29, 1.82) is 0 Å². The van der Waals surface area contributed by atoms with Crippen LogP contribution < -0.4 is 10.5 Å². The Hall–Kier alpha value is -1.50. The van der Waals surface area contributed by atoms with Gasteiger partial charge in [0.05, 0.1) is 5.69 Å². The molecule has 7 heteroatoms. The normalized spacial score (nSPS) is 13.5. The van der Waals surface area contributed by atoms with Crippen molar-refractivity contribution in [3.8, 4) is 5.75 Å². The van der Waals surface area contributed by atoms with E-state index in [-0.39, 0.29) is 12.3 Å². The summed E-state index contributed by atoms with van der Waals surface area (Å²) in [6.07, 6.45) is -7.18. The molecular formula is C10H11F4NO2. The lowest BCUT2D eigenvalue weighted by atomic mass is 10.3. The number of hydrogen-bond acceptors (Lipinski definition) is 3. The quantitative estimate of drug-likeness (QED) is 0.509. The van der Waals surface area contributed by atoms with E-state index in [4.69, 9.17) is 5.73 Å². The summed E-state index contributed by atoms with van der Waals surface area (Å²) >= 11 is 0. The number of nitrogens with two attached hydrogens (primary N) is 1. The first-order valence-corrected chi connectivity index (χ1v) is 4.74. The third-order valence-corrected chi connectivity index (χ3v) is 1.79. The summed E-state index contributed by atoms with van der Waals surface area (Å²) in [5.74, 6) is -1.15. The van der Waals surface area contributed by atoms with E-state index in [1.165, 1.54) is 6.92 Å². The van der Waals surface area contributed by atoms with Crippen LogP contribution in [0.3, 0.4) is 0 Å². The predicted octanol–water partition coefficient (Wildman–Crippen LogP) is 2.71. The van der Waals surface area contributed by atoms with Gasteiger partial charge in [0, 0.05) is 12.7 Å². The van der Waals surface area contributed by atoms with E-state index in [1.807, 2.05) is 0 Å². The molecule has 0 aliphatic heterocycles. The topological polar surface area (TPSA) is 44.5 Å². The molecule has 0 spiro atoms. The molecule has 0 amide bonds. The summed E-state index contributed by atoms with van der Waals surface area (Å²) in [4.78, 5) is 0. The van der Waals surface area contributed by atoms with Gasteiger partial charge in [-0.1, -0.05) is 0 Å². The summed E-state index contributed by atoms with van der Waals surface area (Å²) in [7, 11) is 0. The first kappa shape index (κ1) is 13.6. The van der Waals surface area contributed by atoms with Crippen LogP contribution in [0.5, 0.6) is 5.75 Å². The van der Waals surface area contributed by atoms with Gasteiger partial charge in [0.1, 0.15) is 11.6 Å². The Bertz CT molecular complexity index is 381. The van der Waals surface area contributed by atoms with Crippen LogP contribution in [-0.4, -0.2) is 19.1 Å². The Labute approximate surface area is 95.1 Å². The Morgan fingerprint density at radius 1 is 1.35 bits per heavy atom. The maximum absolute atomic E-state index is 12.8. The van der Waals surface area contributed by atoms with Crippen molar-refractivity contribution < 1.29 is 27.0 Å². The van der Waals surface area contributed by atoms with Crippen LogP contribution in [0.15, 0.2) is 18.2 Å². The zero-order valence-corrected chi connectivity index (χ0v) is 8.92. The zero-order valence-electron chi connectivity index (χ0n) is 8.92. The largest absolute Gasteiger partial charge is 0.453 e. The van der Waals surface area contributed by atoms with Crippen molar-refractivity contribution in [3.63, 3.8) is 0 Å². The summed E-state index contributed by atoms with van der Waals surface area (Å²) < 4.78 is 59.0. The first-order chi connectivity index (χ1) is 7.84. The molecule has 0 heterocycles. The van der Waals surface area contributed by atoms with Crippen molar-refractivity contribution in [2.24, 2.45) is 0 Å². The highest BCUT2D eigenvalue weighted by Gasteiger charge is 2.43. The van der Waals surface area contributed by atoms with Crippen LogP contribution in [-0.2, 0) is 4.74 Å². The van der Waals surface area contributed by atoms with Gasteiger partial charge in [-0.2, -0.15) is 13.2 Å². The van der Waals surface area contributed by atoms with Crippen LogP contribution in [0.2, 0.25) is 0 Å². The molecular weight excluding hydrogens is 242 g/mol. The minimum absolute atomic E-state index is 0.0969. The summed E-state index contributed by atoms with van der Waals surface area (Å²) in [5, 5.41) is 0. The molecule has 3 nitrogen and oxygen atoms in total. The molecule has 0 aromatic heterocycles. The minimum atomic E-state index is -4.71. The Kier molecular flexibility index (Phi) is 4.17. The van der Waals surface area contributed by atoms with E-state index in [9.17, 15) is 17.6 Å². The van der Waals surface area contributed by atoms with Crippen LogP contribution >= 0.6 is 0 Å². The maximum atomic E-state index is 12.8. The van der Waals surface area contributed by atoms with Crippen molar-refractivity contribution in [1.82, 2.24) is 0 Å². The zero-order chi connectivity index (χ0) is 13.1. The lowest BCUT2D eigenvalue weighted by Crippen LogP contribution is -2.37. The van der Waals surface area contributed by atoms with Crippen LogP contribution in [0, 0.1) is 5.82 Å². The van der Waals surface area contributed by atoms with Gasteiger partial charge < -0.3 is 15.2 Å². The van der Waals surface area contributed by atoms with E-state index in [0.717, 1.165) is 18.2 Å². The molecule has 0 saturated carbocycles. The molecule has 0 bridgehead atoms. The van der Waals surface area contributed by atoms with Crippen LogP contribution in [0.4, 0.5) is 23.2 Å². The second-order valence-corrected chi connectivity index (χ2v) is 3.13. The lowest BCUT2D eigenvalue weighted by Gasteiger charge is -2.21. The highest BCUT2D eigenvalue weighted by atomic mass is 19.4. The van der Waals surface area contributed by atoms with E-state index in [0.29, 0.717) is 0 Å². The lowest BCUT2D eigenvalue weighted by molar-refractivity contribution is -0.281.